The summed E-state index contributed by atoms with van der Waals surface area (Å²) in [5, 5.41) is 0. The van der Waals surface area contributed by atoms with Crippen molar-refractivity contribution in [2.75, 3.05) is 13.2 Å². The van der Waals surface area contributed by atoms with Crippen molar-refractivity contribution >= 4 is 17.9 Å². The van der Waals surface area contributed by atoms with Gasteiger partial charge in [-0.15, -0.1) is 0 Å². The highest BCUT2D eigenvalue weighted by Gasteiger charge is 2.19. The third kappa shape index (κ3) is 39.6. The number of carbonyl (C=O) groups excluding carboxylic acids is 3. The zero-order valence-electron chi connectivity index (χ0n) is 34.0. The minimum atomic E-state index is -0.822. The molecule has 300 valence electrons. The van der Waals surface area contributed by atoms with E-state index in [1.54, 1.807) is 6.08 Å². The van der Waals surface area contributed by atoms with Crippen LogP contribution in [0.2, 0.25) is 0 Å². The molecule has 0 N–H and O–H groups in total. The first-order valence-corrected chi connectivity index (χ1v) is 21.1. The first kappa shape index (κ1) is 49.6. The zero-order chi connectivity index (χ0) is 38.7. The van der Waals surface area contributed by atoms with Gasteiger partial charge in [-0.3, -0.25) is 14.4 Å². The van der Waals surface area contributed by atoms with Crippen LogP contribution in [0.5, 0.6) is 0 Å². The molecule has 0 aromatic carbocycles. The third-order valence-electron chi connectivity index (χ3n) is 8.40. The maximum atomic E-state index is 12.7. The molecule has 0 rings (SSSR count). The second-order valence-corrected chi connectivity index (χ2v) is 13.5. The lowest BCUT2D eigenvalue weighted by Gasteiger charge is -2.18. The molecule has 0 radical (unpaired) electrons. The topological polar surface area (TPSA) is 78.9 Å². The van der Waals surface area contributed by atoms with Crippen LogP contribution in [0.3, 0.4) is 0 Å². The molecular weight excluding hydrogens is 661 g/mol. The van der Waals surface area contributed by atoms with Crippen molar-refractivity contribution in [2.45, 2.75) is 181 Å². The molecule has 0 bridgehead atoms. The van der Waals surface area contributed by atoms with Crippen molar-refractivity contribution in [2.24, 2.45) is 0 Å². The Hall–Kier alpha value is -3.41. The molecule has 0 aliphatic rings. The molecule has 0 aromatic rings. The van der Waals surface area contributed by atoms with E-state index in [1.807, 2.05) is 6.08 Å². The van der Waals surface area contributed by atoms with Crippen LogP contribution < -0.4 is 0 Å². The summed E-state index contributed by atoms with van der Waals surface area (Å²) in [5.74, 6) is -1.09. The van der Waals surface area contributed by atoms with Crippen LogP contribution >= 0.6 is 0 Å². The van der Waals surface area contributed by atoms with E-state index >= 15 is 0 Å². The highest BCUT2D eigenvalue weighted by Crippen LogP contribution is 2.11. The summed E-state index contributed by atoms with van der Waals surface area (Å²) < 4.78 is 16.5. The van der Waals surface area contributed by atoms with Crippen LogP contribution in [0.25, 0.3) is 0 Å². The fraction of sp³-hybridized carbons (Fsp3) is 0.638. The van der Waals surface area contributed by atoms with E-state index in [1.165, 1.54) is 32.1 Å². The van der Waals surface area contributed by atoms with E-state index in [0.29, 0.717) is 12.8 Å². The molecule has 0 saturated heterocycles. The number of allylic oxidation sites excluding steroid dienone is 13. The third-order valence-corrected chi connectivity index (χ3v) is 8.40. The van der Waals surface area contributed by atoms with Gasteiger partial charge < -0.3 is 14.2 Å². The Balaban J connectivity index is 4.51. The first-order chi connectivity index (χ1) is 26.0. The second-order valence-electron chi connectivity index (χ2n) is 13.5. The molecule has 53 heavy (non-hydrogen) atoms. The van der Waals surface area contributed by atoms with Crippen LogP contribution in [0, 0.1) is 0 Å². The summed E-state index contributed by atoms with van der Waals surface area (Å²) in [6, 6.07) is 0. The number of carbonyl (C=O) groups is 3. The molecule has 1 atom stereocenters. The maximum absolute atomic E-state index is 12.7. The summed E-state index contributed by atoms with van der Waals surface area (Å²) in [6.45, 7) is 6.22. The Morgan fingerprint density at radius 1 is 0.415 bits per heavy atom. The van der Waals surface area contributed by atoms with Crippen molar-refractivity contribution in [1.29, 1.82) is 0 Å². The summed E-state index contributed by atoms with van der Waals surface area (Å²) in [7, 11) is 0. The lowest BCUT2D eigenvalue weighted by atomic mass is 10.1. The smallest absolute Gasteiger partial charge is 0.309 e. The molecule has 0 spiro atoms. The van der Waals surface area contributed by atoms with Gasteiger partial charge in [0.1, 0.15) is 13.2 Å². The Kier molecular flexibility index (Phi) is 38.7. The lowest BCUT2D eigenvalue weighted by molar-refractivity contribution is -0.166. The van der Waals surface area contributed by atoms with Crippen LogP contribution in [0.4, 0.5) is 0 Å². The van der Waals surface area contributed by atoms with Crippen LogP contribution in [0.15, 0.2) is 85.1 Å². The van der Waals surface area contributed by atoms with E-state index in [2.05, 4.69) is 93.7 Å². The van der Waals surface area contributed by atoms with Crippen LogP contribution in [-0.4, -0.2) is 37.2 Å². The van der Waals surface area contributed by atoms with Gasteiger partial charge in [0, 0.05) is 12.8 Å². The van der Waals surface area contributed by atoms with Gasteiger partial charge in [0.05, 0.1) is 6.42 Å². The van der Waals surface area contributed by atoms with Crippen molar-refractivity contribution < 1.29 is 28.6 Å². The molecule has 0 saturated carbocycles. The lowest BCUT2D eigenvalue weighted by Crippen LogP contribution is -2.30. The summed E-state index contributed by atoms with van der Waals surface area (Å²) in [4.78, 5) is 37.5. The first-order valence-electron chi connectivity index (χ1n) is 21.1. The number of hydrogen-bond acceptors (Lipinski definition) is 6. The normalized spacial score (nSPS) is 12.9. The minimum absolute atomic E-state index is 0.120. The van der Waals surface area contributed by atoms with E-state index < -0.39 is 12.1 Å². The summed E-state index contributed by atoms with van der Waals surface area (Å²) in [6.07, 6.45) is 51.7. The van der Waals surface area contributed by atoms with Crippen molar-refractivity contribution in [3.63, 3.8) is 0 Å². The van der Waals surface area contributed by atoms with Gasteiger partial charge in [0.25, 0.3) is 0 Å². The molecular formula is C47H76O6. The summed E-state index contributed by atoms with van der Waals surface area (Å²) >= 11 is 0. The van der Waals surface area contributed by atoms with Crippen molar-refractivity contribution in [3.8, 4) is 0 Å². The number of rotatable bonds is 36. The van der Waals surface area contributed by atoms with Gasteiger partial charge in [0.2, 0.25) is 0 Å². The Bertz CT molecular complexity index is 1080. The number of ether oxygens (including phenoxy) is 3. The predicted octanol–water partition coefficient (Wildman–Crippen LogP) is 13.3. The number of esters is 3. The Labute approximate surface area is 325 Å². The van der Waals surface area contributed by atoms with E-state index in [-0.39, 0.29) is 31.6 Å². The van der Waals surface area contributed by atoms with Crippen molar-refractivity contribution in [3.05, 3.63) is 85.1 Å². The van der Waals surface area contributed by atoms with Gasteiger partial charge in [-0.05, 0) is 89.9 Å². The van der Waals surface area contributed by atoms with E-state index in [4.69, 9.17) is 14.2 Å². The predicted molar refractivity (Wildman–Crippen MR) is 224 cm³/mol. The minimum Gasteiger partial charge on any atom is -0.462 e. The average Bonchev–Trinajstić information content (AvgIpc) is 3.15. The zero-order valence-corrected chi connectivity index (χ0v) is 34.0. The number of hydrogen-bond donors (Lipinski definition) is 0. The largest absolute Gasteiger partial charge is 0.462 e. The van der Waals surface area contributed by atoms with E-state index in [0.717, 1.165) is 103 Å². The number of unbranched alkanes of at least 4 members (excludes halogenated alkanes) is 12. The monoisotopic (exact) mass is 737 g/mol. The van der Waals surface area contributed by atoms with Gasteiger partial charge in [-0.1, -0.05) is 151 Å². The summed E-state index contributed by atoms with van der Waals surface area (Å²) in [5.41, 5.74) is 0. The maximum Gasteiger partial charge on any atom is 0.309 e. The molecule has 0 heterocycles. The molecule has 0 amide bonds. The fourth-order valence-electron chi connectivity index (χ4n) is 5.27. The van der Waals surface area contributed by atoms with Gasteiger partial charge in [-0.2, -0.15) is 0 Å². The van der Waals surface area contributed by atoms with Crippen LogP contribution in [0.1, 0.15) is 175 Å². The van der Waals surface area contributed by atoms with Crippen LogP contribution in [-0.2, 0) is 28.6 Å². The van der Waals surface area contributed by atoms with Gasteiger partial charge >= 0.3 is 17.9 Å². The fourth-order valence-corrected chi connectivity index (χ4v) is 5.27. The quantitative estimate of drug-likeness (QED) is 0.0276. The SMILES string of the molecule is CC/C=C\C/C=C\C/C=C\CCCCCCC(=O)OCC(COC(=O)C/C=C\C/C=C\C/C=C\CC)OC(=O)CCCCCCC/C=C\CCCCC. The van der Waals surface area contributed by atoms with E-state index in [9.17, 15) is 14.4 Å². The van der Waals surface area contributed by atoms with Crippen molar-refractivity contribution in [1.82, 2.24) is 0 Å². The van der Waals surface area contributed by atoms with Gasteiger partial charge in [0.15, 0.2) is 6.10 Å². The Morgan fingerprint density at radius 2 is 0.811 bits per heavy atom. The highest BCUT2D eigenvalue weighted by atomic mass is 16.6. The molecule has 6 heteroatoms. The molecule has 0 aromatic heterocycles. The standard InChI is InChI=1S/C47H76O6/c1-4-7-10-13-16-19-21-23-24-26-28-31-34-37-40-46(49)52-43-44(42-51-45(48)39-36-33-30-27-18-15-12-9-6-3)53-47(50)41-38-35-32-29-25-22-20-17-14-11-8-5-2/h7,9-10,12,16-20,23-24,27,33,36,44H,4-6,8,11,13-15,21-22,25-26,28-32,34-35,37-43H2,1-3H3/b10-7-,12-9-,19-16-,20-17-,24-23-,27-18-,36-33-. The molecule has 1 unspecified atom stereocenters. The molecule has 0 aliphatic heterocycles. The second kappa shape index (κ2) is 41.3. The average molecular weight is 737 g/mol. The molecule has 0 fully saturated rings. The Morgan fingerprint density at radius 3 is 1.34 bits per heavy atom. The molecule has 0 aliphatic carbocycles. The van der Waals surface area contributed by atoms with Gasteiger partial charge in [-0.25, -0.2) is 0 Å². The molecule has 6 nitrogen and oxygen atoms in total. The highest BCUT2D eigenvalue weighted by molar-refractivity contribution is 5.72.